The first kappa shape index (κ1) is 10.7. The second kappa shape index (κ2) is 4.45. The number of aliphatic imine (C=N–C) groups is 1. The Morgan fingerprint density at radius 2 is 2.35 bits per heavy atom. The van der Waals surface area contributed by atoms with Gasteiger partial charge in [0.2, 0.25) is 5.90 Å². The molecule has 0 amide bonds. The molecule has 0 aliphatic carbocycles. The smallest absolute Gasteiger partial charge is 0.201 e. The van der Waals surface area contributed by atoms with Crippen LogP contribution >= 0.6 is 0 Å². The van der Waals surface area contributed by atoms with Crippen molar-refractivity contribution in [2.24, 2.45) is 4.99 Å². The largest absolute Gasteiger partial charge is 0.477 e. The van der Waals surface area contributed by atoms with Crippen LogP contribution in [0.5, 0.6) is 0 Å². The van der Waals surface area contributed by atoms with Gasteiger partial charge in [-0.15, -0.1) is 0 Å². The lowest BCUT2D eigenvalue weighted by Crippen LogP contribution is -2.30. The number of nitrogens with one attached hydrogen (secondary N) is 1. The van der Waals surface area contributed by atoms with E-state index >= 15 is 0 Å². The number of hydrogen-bond acceptors (Lipinski definition) is 3. The average Bonchev–Trinajstić information content (AvgIpc) is 3.00. The van der Waals surface area contributed by atoms with Crippen molar-refractivity contribution in [3.8, 4) is 0 Å². The number of hydrogen-bond donors (Lipinski definition) is 1. The Hall–Kier alpha value is -1.42. The van der Waals surface area contributed by atoms with Crippen LogP contribution in [0.2, 0.25) is 0 Å². The highest BCUT2D eigenvalue weighted by Gasteiger charge is 2.28. The standard InChI is InChI=1S/C13H15FN2O/c14-10-4-1-3-9(7-10)12-8-17-13(16-12)11-5-2-6-15-11/h1,3-4,7,11-12,15H,2,5-6,8H2. The molecule has 2 heterocycles. The van der Waals surface area contributed by atoms with Crippen LogP contribution in [0.1, 0.15) is 24.4 Å². The van der Waals surface area contributed by atoms with Crippen molar-refractivity contribution in [1.29, 1.82) is 0 Å². The zero-order valence-electron chi connectivity index (χ0n) is 9.53. The first-order valence-corrected chi connectivity index (χ1v) is 6.02. The van der Waals surface area contributed by atoms with E-state index in [1.165, 1.54) is 12.1 Å². The van der Waals surface area contributed by atoms with E-state index in [0.717, 1.165) is 30.8 Å². The maximum Gasteiger partial charge on any atom is 0.201 e. The summed E-state index contributed by atoms with van der Waals surface area (Å²) >= 11 is 0. The lowest BCUT2D eigenvalue weighted by atomic mass is 10.1. The van der Waals surface area contributed by atoms with Gasteiger partial charge in [-0.2, -0.15) is 0 Å². The summed E-state index contributed by atoms with van der Waals surface area (Å²) < 4.78 is 18.7. The van der Waals surface area contributed by atoms with Crippen LogP contribution in [0.3, 0.4) is 0 Å². The molecular weight excluding hydrogens is 219 g/mol. The summed E-state index contributed by atoms with van der Waals surface area (Å²) in [6, 6.07) is 6.79. The fourth-order valence-corrected chi connectivity index (χ4v) is 2.36. The molecule has 17 heavy (non-hydrogen) atoms. The van der Waals surface area contributed by atoms with E-state index in [-0.39, 0.29) is 17.9 Å². The molecule has 4 heteroatoms. The molecule has 3 nitrogen and oxygen atoms in total. The Morgan fingerprint density at radius 3 is 3.12 bits per heavy atom. The molecule has 0 spiro atoms. The quantitative estimate of drug-likeness (QED) is 0.849. The molecule has 2 aliphatic rings. The van der Waals surface area contributed by atoms with Gasteiger partial charge in [0.05, 0.1) is 6.04 Å². The van der Waals surface area contributed by atoms with Gasteiger partial charge < -0.3 is 10.1 Å². The van der Waals surface area contributed by atoms with E-state index in [9.17, 15) is 4.39 Å². The van der Waals surface area contributed by atoms with Crippen LogP contribution in [0.25, 0.3) is 0 Å². The van der Waals surface area contributed by atoms with Gasteiger partial charge in [0.25, 0.3) is 0 Å². The molecule has 2 atom stereocenters. The first-order chi connectivity index (χ1) is 8.33. The Kier molecular flexibility index (Phi) is 2.81. The van der Waals surface area contributed by atoms with Crippen molar-refractivity contribution in [1.82, 2.24) is 5.32 Å². The van der Waals surface area contributed by atoms with E-state index in [2.05, 4.69) is 10.3 Å². The number of rotatable bonds is 2. The van der Waals surface area contributed by atoms with Crippen LogP contribution in [-0.4, -0.2) is 25.1 Å². The van der Waals surface area contributed by atoms with Gasteiger partial charge in [-0.25, -0.2) is 9.38 Å². The normalized spacial score (nSPS) is 27.9. The van der Waals surface area contributed by atoms with E-state index in [0.29, 0.717) is 6.61 Å². The number of ether oxygens (including phenoxy) is 1. The number of nitrogens with zero attached hydrogens (tertiary/aromatic N) is 1. The lowest BCUT2D eigenvalue weighted by Gasteiger charge is -2.08. The van der Waals surface area contributed by atoms with Crippen molar-refractivity contribution in [2.45, 2.75) is 24.9 Å². The van der Waals surface area contributed by atoms with E-state index < -0.39 is 0 Å². The minimum absolute atomic E-state index is 0.0527. The predicted octanol–water partition coefficient (Wildman–Crippen LogP) is 2.05. The van der Waals surface area contributed by atoms with Gasteiger partial charge in [0.15, 0.2) is 0 Å². The number of halogens is 1. The summed E-state index contributed by atoms with van der Waals surface area (Å²) in [7, 11) is 0. The second-order valence-corrected chi connectivity index (χ2v) is 4.50. The molecular formula is C13H15FN2O. The van der Waals surface area contributed by atoms with Crippen LogP contribution in [0.4, 0.5) is 4.39 Å². The fraction of sp³-hybridized carbons (Fsp3) is 0.462. The van der Waals surface area contributed by atoms with E-state index in [1.54, 1.807) is 6.07 Å². The highest BCUT2D eigenvalue weighted by Crippen LogP contribution is 2.25. The van der Waals surface area contributed by atoms with Crippen molar-refractivity contribution in [2.75, 3.05) is 13.2 Å². The molecule has 2 aliphatic heterocycles. The molecule has 1 aromatic rings. The minimum Gasteiger partial charge on any atom is -0.477 e. The van der Waals surface area contributed by atoms with Gasteiger partial charge in [0, 0.05) is 0 Å². The summed E-state index contributed by atoms with van der Waals surface area (Å²) in [4.78, 5) is 4.55. The molecule has 1 aromatic carbocycles. The van der Waals surface area contributed by atoms with Crippen LogP contribution in [0.15, 0.2) is 29.3 Å². The summed E-state index contributed by atoms with van der Waals surface area (Å²) in [5, 5.41) is 3.35. The highest BCUT2D eigenvalue weighted by atomic mass is 19.1. The van der Waals surface area contributed by atoms with Gasteiger partial charge in [0.1, 0.15) is 18.5 Å². The molecule has 2 unspecified atom stereocenters. The molecule has 0 radical (unpaired) electrons. The van der Waals surface area contributed by atoms with Crippen molar-refractivity contribution in [3.05, 3.63) is 35.6 Å². The van der Waals surface area contributed by atoms with Crippen molar-refractivity contribution < 1.29 is 9.13 Å². The van der Waals surface area contributed by atoms with Crippen LogP contribution < -0.4 is 5.32 Å². The predicted molar refractivity (Wildman–Crippen MR) is 63.6 cm³/mol. The molecule has 1 saturated heterocycles. The zero-order chi connectivity index (χ0) is 11.7. The third kappa shape index (κ3) is 2.17. The SMILES string of the molecule is Fc1cccc(C2COC(C3CCCN3)=N2)c1. The molecule has 1 fully saturated rings. The fourth-order valence-electron chi connectivity index (χ4n) is 2.36. The van der Waals surface area contributed by atoms with Crippen molar-refractivity contribution in [3.63, 3.8) is 0 Å². The molecule has 3 rings (SSSR count). The average molecular weight is 234 g/mol. The molecule has 0 saturated carbocycles. The molecule has 1 N–H and O–H groups in total. The Bertz CT molecular complexity index is 441. The second-order valence-electron chi connectivity index (χ2n) is 4.50. The highest BCUT2D eigenvalue weighted by molar-refractivity contribution is 5.83. The van der Waals surface area contributed by atoms with Gasteiger partial charge in [-0.05, 0) is 37.1 Å². The van der Waals surface area contributed by atoms with Crippen LogP contribution in [-0.2, 0) is 4.74 Å². The maximum atomic E-state index is 13.1. The van der Waals surface area contributed by atoms with Gasteiger partial charge in [-0.3, -0.25) is 0 Å². The Labute approximate surface area is 99.7 Å². The minimum atomic E-state index is -0.217. The maximum absolute atomic E-state index is 13.1. The molecule has 90 valence electrons. The Balaban J connectivity index is 1.78. The summed E-state index contributed by atoms with van der Waals surface area (Å²) in [5.41, 5.74) is 0.887. The van der Waals surface area contributed by atoms with E-state index in [4.69, 9.17) is 4.74 Å². The third-order valence-electron chi connectivity index (χ3n) is 3.26. The summed E-state index contributed by atoms with van der Waals surface area (Å²) in [5.74, 6) is 0.571. The van der Waals surface area contributed by atoms with Crippen molar-refractivity contribution >= 4 is 5.90 Å². The van der Waals surface area contributed by atoms with E-state index in [1.807, 2.05) is 6.07 Å². The lowest BCUT2D eigenvalue weighted by molar-refractivity contribution is 0.304. The monoisotopic (exact) mass is 234 g/mol. The third-order valence-corrected chi connectivity index (χ3v) is 3.26. The Morgan fingerprint density at radius 1 is 1.41 bits per heavy atom. The van der Waals surface area contributed by atoms with Gasteiger partial charge >= 0.3 is 0 Å². The number of benzene rings is 1. The topological polar surface area (TPSA) is 33.6 Å². The molecule has 0 bridgehead atoms. The summed E-state index contributed by atoms with van der Waals surface area (Å²) in [6.07, 6.45) is 2.24. The summed E-state index contributed by atoms with van der Waals surface area (Å²) in [6.45, 7) is 1.55. The van der Waals surface area contributed by atoms with Gasteiger partial charge in [-0.1, -0.05) is 12.1 Å². The molecule has 0 aromatic heterocycles. The first-order valence-electron chi connectivity index (χ1n) is 6.02. The zero-order valence-corrected chi connectivity index (χ0v) is 9.53. The van der Waals surface area contributed by atoms with Crippen LogP contribution in [0, 0.1) is 5.82 Å².